The van der Waals surface area contributed by atoms with E-state index in [2.05, 4.69) is 37.4 Å². The molecule has 0 saturated carbocycles. The Balaban J connectivity index is 3.06. The van der Waals surface area contributed by atoms with Crippen LogP contribution in [-0.2, 0) is 0 Å². The molecule has 1 aromatic heterocycles. The first kappa shape index (κ1) is 13.7. The molecule has 0 unspecified atom stereocenters. The van der Waals surface area contributed by atoms with Gasteiger partial charge in [-0.15, -0.1) is 0 Å². The van der Waals surface area contributed by atoms with Gasteiger partial charge in [0.05, 0.1) is 12.5 Å². The third-order valence-electron chi connectivity index (χ3n) is 2.27. The molecule has 92 valence electrons. The van der Waals surface area contributed by atoms with Crippen LogP contribution in [0, 0.1) is 11.3 Å². The Bertz CT molecular complexity index is 414. The molecule has 17 heavy (non-hydrogen) atoms. The van der Waals surface area contributed by atoms with E-state index < -0.39 is 0 Å². The van der Waals surface area contributed by atoms with Crippen molar-refractivity contribution >= 4 is 27.6 Å². The summed E-state index contributed by atoms with van der Waals surface area (Å²) in [6, 6.07) is 2.37. The maximum absolute atomic E-state index is 8.66. The van der Waals surface area contributed by atoms with Gasteiger partial charge in [0.25, 0.3) is 0 Å². The Kier molecular flexibility index (Phi) is 5.12. The number of hydrazine groups is 1. The number of anilines is 2. The van der Waals surface area contributed by atoms with Crippen LogP contribution in [0.3, 0.4) is 0 Å². The molecule has 1 heterocycles. The summed E-state index contributed by atoms with van der Waals surface area (Å²) in [5, 5.41) is 8.66. The SMILES string of the molecule is CC(C)N(CCC#N)c1ncnc(NN)c1Br. The van der Waals surface area contributed by atoms with E-state index in [4.69, 9.17) is 11.1 Å². The van der Waals surface area contributed by atoms with Crippen molar-refractivity contribution in [3.63, 3.8) is 0 Å². The second-order valence-electron chi connectivity index (χ2n) is 3.70. The second kappa shape index (κ2) is 6.37. The van der Waals surface area contributed by atoms with Crippen molar-refractivity contribution in [3.05, 3.63) is 10.8 Å². The van der Waals surface area contributed by atoms with Crippen molar-refractivity contribution < 1.29 is 0 Å². The molecule has 6 nitrogen and oxygen atoms in total. The molecule has 7 heteroatoms. The first-order valence-electron chi connectivity index (χ1n) is 5.22. The fourth-order valence-electron chi connectivity index (χ4n) is 1.44. The molecular weight excluding hydrogens is 284 g/mol. The number of nitriles is 1. The van der Waals surface area contributed by atoms with Gasteiger partial charge >= 0.3 is 0 Å². The van der Waals surface area contributed by atoms with E-state index in [-0.39, 0.29) is 6.04 Å². The number of hydrogen-bond acceptors (Lipinski definition) is 6. The van der Waals surface area contributed by atoms with Gasteiger partial charge in [-0.05, 0) is 29.8 Å². The molecule has 0 aliphatic heterocycles. The summed E-state index contributed by atoms with van der Waals surface area (Å²) >= 11 is 3.41. The number of hydrogen-bond donors (Lipinski definition) is 2. The fraction of sp³-hybridized carbons (Fsp3) is 0.500. The average molecular weight is 299 g/mol. The first-order chi connectivity index (χ1) is 8.11. The molecule has 0 bridgehead atoms. The summed E-state index contributed by atoms with van der Waals surface area (Å²) in [5.74, 6) is 6.61. The molecular formula is C10H15BrN6. The van der Waals surface area contributed by atoms with Crippen LogP contribution in [0.5, 0.6) is 0 Å². The molecule has 0 aliphatic rings. The number of rotatable bonds is 5. The van der Waals surface area contributed by atoms with Gasteiger partial charge in [-0.25, -0.2) is 15.8 Å². The number of halogens is 1. The Morgan fingerprint density at radius 1 is 1.59 bits per heavy atom. The predicted octanol–water partition coefficient (Wildman–Crippen LogP) is 1.65. The van der Waals surface area contributed by atoms with Gasteiger partial charge in [0.2, 0.25) is 0 Å². The molecule has 0 aliphatic carbocycles. The Hall–Kier alpha value is -1.39. The highest BCUT2D eigenvalue weighted by molar-refractivity contribution is 9.10. The number of nitrogens with zero attached hydrogens (tertiary/aromatic N) is 4. The topological polar surface area (TPSA) is 90.9 Å². The minimum Gasteiger partial charge on any atom is -0.352 e. The lowest BCUT2D eigenvalue weighted by atomic mass is 10.3. The predicted molar refractivity (Wildman–Crippen MR) is 70.3 cm³/mol. The van der Waals surface area contributed by atoms with Crippen LogP contribution < -0.4 is 16.2 Å². The van der Waals surface area contributed by atoms with E-state index in [1.807, 2.05) is 18.7 Å². The van der Waals surface area contributed by atoms with Crippen molar-refractivity contribution in [3.8, 4) is 6.07 Å². The second-order valence-corrected chi connectivity index (χ2v) is 4.49. The van der Waals surface area contributed by atoms with E-state index in [1.165, 1.54) is 6.33 Å². The van der Waals surface area contributed by atoms with E-state index in [1.54, 1.807) is 0 Å². The van der Waals surface area contributed by atoms with Gasteiger partial charge in [0.1, 0.15) is 16.6 Å². The quantitative estimate of drug-likeness (QED) is 0.634. The summed E-state index contributed by atoms with van der Waals surface area (Å²) in [6.45, 7) is 4.71. The van der Waals surface area contributed by atoms with Crippen LogP contribution in [0.1, 0.15) is 20.3 Å². The molecule has 0 amide bonds. The van der Waals surface area contributed by atoms with Crippen molar-refractivity contribution in [2.75, 3.05) is 16.9 Å². The van der Waals surface area contributed by atoms with Crippen LogP contribution in [0.4, 0.5) is 11.6 Å². The maximum atomic E-state index is 8.66. The number of aromatic nitrogens is 2. The van der Waals surface area contributed by atoms with E-state index in [0.717, 1.165) is 5.82 Å². The molecule has 0 radical (unpaired) electrons. The zero-order valence-electron chi connectivity index (χ0n) is 9.81. The molecule has 0 fully saturated rings. The monoisotopic (exact) mass is 298 g/mol. The Morgan fingerprint density at radius 3 is 2.82 bits per heavy atom. The van der Waals surface area contributed by atoms with Gasteiger partial charge in [-0.1, -0.05) is 0 Å². The van der Waals surface area contributed by atoms with E-state index in [9.17, 15) is 0 Å². The summed E-state index contributed by atoms with van der Waals surface area (Å²) in [5.41, 5.74) is 2.50. The number of nitrogens with two attached hydrogens (primary N) is 1. The largest absolute Gasteiger partial charge is 0.352 e. The molecule has 0 atom stereocenters. The third kappa shape index (κ3) is 3.28. The van der Waals surface area contributed by atoms with Crippen molar-refractivity contribution in [2.24, 2.45) is 5.84 Å². The van der Waals surface area contributed by atoms with Crippen molar-refractivity contribution in [2.45, 2.75) is 26.3 Å². The van der Waals surface area contributed by atoms with Crippen LogP contribution in [0.25, 0.3) is 0 Å². The summed E-state index contributed by atoms with van der Waals surface area (Å²) in [6.07, 6.45) is 1.89. The van der Waals surface area contributed by atoms with Crippen molar-refractivity contribution in [1.82, 2.24) is 9.97 Å². The van der Waals surface area contributed by atoms with Crippen LogP contribution in [0.15, 0.2) is 10.8 Å². The standard InChI is InChI=1S/C10H15BrN6/c1-7(2)17(5-3-4-12)10-8(11)9(16-13)14-6-15-10/h6-7H,3,5,13H2,1-2H3,(H,14,15,16). The van der Waals surface area contributed by atoms with Gasteiger partial charge in [-0.2, -0.15) is 5.26 Å². The molecule has 1 aromatic rings. The lowest BCUT2D eigenvalue weighted by molar-refractivity contribution is 0.674. The normalized spacial score (nSPS) is 10.1. The summed E-state index contributed by atoms with van der Waals surface area (Å²) in [7, 11) is 0. The highest BCUT2D eigenvalue weighted by Gasteiger charge is 2.17. The molecule has 1 rings (SSSR count). The maximum Gasteiger partial charge on any atom is 0.159 e. The minimum absolute atomic E-state index is 0.236. The van der Waals surface area contributed by atoms with Crippen LogP contribution >= 0.6 is 15.9 Å². The van der Waals surface area contributed by atoms with Crippen LogP contribution in [-0.4, -0.2) is 22.6 Å². The van der Waals surface area contributed by atoms with Gasteiger partial charge < -0.3 is 10.3 Å². The zero-order valence-corrected chi connectivity index (χ0v) is 11.4. The van der Waals surface area contributed by atoms with Gasteiger partial charge in [0, 0.05) is 12.6 Å². The van der Waals surface area contributed by atoms with Crippen molar-refractivity contribution in [1.29, 1.82) is 5.26 Å². The smallest absolute Gasteiger partial charge is 0.159 e. The Morgan fingerprint density at radius 2 is 2.29 bits per heavy atom. The van der Waals surface area contributed by atoms with Gasteiger partial charge in [-0.3, -0.25) is 0 Å². The number of nitrogen functional groups attached to an aromatic ring is 1. The molecule has 0 saturated heterocycles. The molecule has 3 N–H and O–H groups in total. The lowest BCUT2D eigenvalue weighted by Gasteiger charge is -2.28. The van der Waals surface area contributed by atoms with E-state index in [0.29, 0.717) is 23.3 Å². The Labute approximate surface area is 109 Å². The lowest BCUT2D eigenvalue weighted by Crippen LogP contribution is -2.33. The fourth-order valence-corrected chi connectivity index (χ4v) is 1.99. The minimum atomic E-state index is 0.236. The number of nitrogens with one attached hydrogen (secondary N) is 1. The highest BCUT2D eigenvalue weighted by Crippen LogP contribution is 2.29. The average Bonchev–Trinajstić information content (AvgIpc) is 2.31. The third-order valence-corrected chi connectivity index (χ3v) is 3.00. The molecule has 0 aromatic carbocycles. The first-order valence-corrected chi connectivity index (χ1v) is 6.01. The van der Waals surface area contributed by atoms with Crippen LogP contribution in [0.2, 0.25) is 0 Å². The highest BCUT2D eigenvalue weighted by atomic mass is 79.9. The zero-order chi connectivity index (χ0) is 12.8. The van der Waals surface area contributed by atoms with Gasteiger partial charge in [0.15, 0.2) is 5.82 Å². The summed E-state index contributed by atoms with van der Waals surface area (Å²) < 4.78 is 0.703. The summed E-state index contributed by atoms with van der Waals surface area (Å²) in [4.78, 5) is 10.2. The van der Waals surface area contributed by atoms with E-state index >= 15 is 0 Å². The molecule has 0 spiro atoms.